The minimum Gasteiger partial charge on any atom is -0.408 e. The standard InChI is InChI=1S/C12H13ClFN3O/c1-8(9-2-4-10(14)5-3-9)15-12-17-16-11(18-12)6-7-13/h2-5,8H,6-7H2,1H3,(H,15,17). The topological polar surface area (TPSA) is 51.0 Å². The van der Waals surface area contributed by atoms with Gasteiger partial charge in [-0.2, -0.15) is 0 Å². The Morgan fingerprint density at radius 2 is 2.06 bits per heavy atom. The minimum atomic E-state index is -0.256. The van der Waals surface area contributed by atoms with E-state index in [1.165, 1.54) is 12.1 Å². The molecule has 2 aromatic rings. The third-order valence-electron chi connectivity index (χ3n) is 2.49. The van der Waals surface area contributed by atoms with Crippen LogP contribution in [0.15, 0.2) is 28.7 Å². The van der Waals surface area contributed by atoms with Crippen molar-refractivity contribution in [2.24, 2.45) is 0 Å². The molecule has 0 saturated heterocycles. The van der Waals surface area contributed by atoms with Gasteiger partial charge in [-0.3, -0.25) is 0 Å². The molecule has 0 bridgehead atoms. The Morgan fingerprint density at radius 1 is 1.33 bits per heavy atom. The van der Waals surface area contributed by atoms with Gasteiger partial charge in [0.2, 0.25) is 5.89 Å². The molecule has 1 N–H and O–H groups in total. The number of aromatic nitrogens is 2. The third-order valence-corrected chi connectivity index (χ3v) is 2.67. The number of aryl methyl sites for hydroxylation is 1. The summed E-state index contributed by atoms with van der Waals surface area (Å²) in [5.41, 5.74) is 0.938. The van der Waals surface area contributed by atoms with Crippen LogP contribution in [0.25, 0.3) is 0 Å². The normalized spacial score (nSPS) is 12.4. The van der Waals surface area contributed by atoms with Crippen molar-refractivity contribution in [2.75, 3.05) is 11.2 Å². The molecule has 1 atom stereocenters. The van der Waals surface area contributed by atoms with E-state index in [1.807, 2.05) is 6.92 Å². The molecule has 0 radical (unpaired) electrons. The molecule has 96 valence electrons. The number of alkyl halides is 1. The molecule has 4 nitrogen and oxygen atoms in total. The van der Waals surface area contributed by atoms with Crippen LogP contribution in [0.1, 0.15) is 24.4 Å². The average molecular weight is 270 g/mol. The first-order chi connectivity index (χ1) is 8.69. The van der Waals surface area contributed by atoms with E-state index in [0.717, 1.165) is 5.56 Å². The van der Waals surface area contributed by atoms with E-state index >= 15 is 0 Å². The summed E-state index contributed by atoms with van der Waals surface area (Å²) in [6, 6.07) is 6.55. The van der Waals surface area contributed by atoms with Gasteiger partial charge in [-0.1, -0.05) is 17.2 Å². The monoisotopic (exact) mass is 269 g/mol. The molecule has 2 rings (SSSR count). The second kappa shape index (κ2) is 5.82. The smallest absolute Gasteiger partial charge is 0.315 e. The molecule has 6 heteroatoms. The second-order valence-corrected chi connectivity index (χ2v) is 4.24. The van der Waals surface area contributed by atoms with Crippen LogP contribution in [0, 0.1) is 5.82 Å². The molecule has 1 aromatic carbocycles. The van der Waals surface area contributed by atoms with E-state index in [1.54, 1.807) is 12.1 Å². The molecule has 0 saturated carbocycles. The Kier molecular flexibility index (Phi) is 4.15. The Bertz CT molecular complexity index is 500. The van der Waals surface area contributed by atoms with Crippen LogP contribution in [-0.4, -0.2) is 16.1 Å². The summed E-state index contributed by atoms with van der Waals surface area (Å²) in [5, 5.41) is 10.8. The van der Waals surface area contributed by atoms with Gasteiger partial charge >= 0.3 is 6.01 Å². The van der Waals surface area contributed by atoms with E-state index in [-0.39, 0.29) is 11.9 Å². The van der Waals surface area contributed by atoms with Crippen molar-refractivity contribution < 1.29 is 8.81 Å². The fraction of sp³-hybridized carbons (Fsp3) is 0.333. The summed E-state index contributed by atoms with van der Waals surface area (Å²) < 4.78 is 18.1. The molecule has 1 aromatic heterocycles. The van der Waals surface area contributed by atoms with Crippen LogP contribution >= 0.6 is 11.6 Å². The summed E-state index contributed by atoms with van der Waals surface area (Å²) >= 11 is 5.58. The van der Waals surface area contributed by atoms with E-state index in [2.05, 4.69) is 15.5 Å². The molecule has 0 aliphatic rings. The predicted octanol–water partition coefficient (Wildman–Crippen LogP) is 3.16. The van der Waals surface area contributed by atoms with Gasteiger partial charge in [0.1, 0.15) is 5.82 Å². The van der Waals surface area contributed by atoms with Crippen LogP contribution in [-0.2, 0) is 6.42 Å². The van der Waals surface area contributed by atoms with Crippen molar-refractivity contribution in [3.05, 3.63) is 41.5 Å². The van der Waals surface area contributed by atoms with Crippen LogP contribution in [0.4, 0.5) is 10.4 Å². The lowest BCUT2D eigenvalue weighted by Gasteiger charge is -2.11. The Balaban J connectivity index is 2.01. The largest absolute Gasteiger partial charge is 0.408 e. The first kappa shape index (κ1) is 12.8. The van der Waals surface area contributed by atoms with Crippen LogP contribution in [0.5, 0.6) is 0 Å². The Hall–Kier alpha value is -1.62. The maximum atomic E-state index is 12.8. The molecular formula is C12H13ClFN3O. The summed E-state index contributed by atoms with van der Waals surface area (Å²) in [6.07, 6.45) is 0.543. The lowest BCUT2D eigenvalue weighted by atomic mass is 10.1. The average Bonchev–Trinajstić information content (AvgIpc) is 2.78. The molecule has 0 aliphatic carbocycles. The van der Waals surface area contributed by atoms with Gasteiger partial charge < -0.3 is 9.73 Å². The highest BCUT2D eigenvalue weighted by molar-refractivity contribution is 6.17. The first-order valence-corrected chi connectivity index (χ1v) is 6.13. The zero-order valence-electron chi connectivity index (χ0n) is 9.86. The number of hydrogen-bond acceptors (Lipinski definition) is 4. The van der Waals surface area contributed by atoms with Crippen LogP contribution in [0.3, 0.4) is 0 Å². The fourth-order valence-electron chi connectivity index (χ4n) is 1.51. The van der Waals surface area contributed by atoms with Gasteiger partial charge in [0, 0.05) is 12.3 Å². The molecular weight excluding hydrogens is 257 g/mol. The summed E-state index contributed by atoms with van der Waals surface area (Å²) in [6.45, 7) is 1.93. The number of halogens is 2. The highest BCUT2D eigenvalue weighted by Crippen LogP contribution is 2.18. The lowest BCUT2D eigenvalue weighted by Crippen LogP contribution is -2.06. The fourth-order valence-corrected chi connectivity index (χ4v) is 1.68. The van der Waals surface area contributed by atoms with E-state index in [0.29, 0.717) is 24.2 Å². The van der Waals surface area contributed by atoms with Gasteiger partial charge in [-0.25, -0.2) is 4.39 Å². The van der Waals surface area contributed by atoms with E-state index in [9.17, 15) is 4.39 Å². The molecule has 0 fully saturated rings. The number of benzene rings is 1. The Morgan fingerprint density at radius 3 is 2.72 bits per heavy atom. The number of nitrogens with one attached hydrogen (secondary N) is 1. The molecule has 1 heterocycles. The van der Waals surface area contributed by atoms with E-state index < -0.39 is 0 Å². The van der Waals surface area contributed by atoms with Crippen molar-refractivity contribution >= 4 is 17.6 Å². The zero-order valence-corrected chi connectivity index (χ0v) is 10.6. The maximum absolute atomic E-state index is 12.8. The first-order valence-electron chi connectivity index (χ1n) is 5.59. The van der Waals surface area contributed by atoms with Gasteiger partial charge in [0.05, 0.1) is 6.04 Å². The molecule has 0 spiro atoms. The lowest BCUT2D eigenvalue weighted by molar-refractivity contribution is 0.508. The van der Waals surface area contributed by atoms with Crippen molar-refractivity contribution in [1.29, 1.82) is 0 Å². The van der Waals surface area contributed by atoms with Crippen molar-refractivity contribution in [1.82, 2.24) is 10.2 Å². The summed E-state index contributed by atoms with van der Waals surface area (Å²) in [7, 11) is 0. The van der Waals surface area contributed by atoms with Gasteiger partial charge in [0.25, 0.3) is 0 Å². The quantitative estimate of drug-likeness (QED) is 0.847. The number of rotatable bonds is 5. The highest BCUT2D eigenvalue weighted by atomic mass is 35.5. The zero-order chi connectivity index (χ0) is 13.0. The minimum absolute atomic E-state index is 0.0464. The maximum Gasteiger partial charge on any atom is 0.315 e. The van der Waals surface area contributed by atoms with E-state index in [4.69, 9.17) is 16.0 Å². The van der Waals surface area contributed by atoms with Gasteiger partial charge in [0.15, 0.2) is 0 Å². The number of nitrogens with zero attached hydrogens (tertiary/aromatic N) is 2. The molecule has 1 unspecified atom stereocenters. The number of anilines is 1. The number of hydrogen-bond donors (Lipinski definition) is 1. The molecule has 0 amide bonds. The molecule has 0 aliphatic heterocycles. The predicted molar refractivity (Wildman–Crippen MR) is 67.2 cm³/mol. The third kappa shape index (κ3) is 3.20. The van der Waals surface area contributed by atoms with Crippen molar-refractivity contribution in [2.45, 2.75) is 19.4 Å². The molecule has 18 heavy (non-hydrogen) atoms. The van der Waals surface area contributed by atoms with Gasteiger partial charge in [-0.15, -0.1) is 16.7 Å². The van der Waals surface area contributed by atoms with Crippen LogP contribution in [0.2, 0.25) is 0 Å². The second-order valence-electron chi connectivity index (χ2n) is 3.86. The van der Waals surface area contributed by atoms with Gasteiger partial charge in [-0.05, 0) is 24.6 Å². The van der Waals surface area contributed by atoms with Crippen LogP contribution < -0.4 is 5.32 Å². The Labute approximate surface area is 109 Å². The SMILES string of the molecule is CC(Nc1nnc(CCCl)o1)c1ccc(F)cc1. The van der Waals surface area contributed by atoms with Crippen molar-refractivity contribution in [3.63, 3.8) is 0 Å². The summed E-state index contributed by atoms with van der Waals surface area (Å²) in [4.78, 5) is 0. The van der Waals surface area contributed by atoms with Crippen molar-refractivity contribution in [3.8, 4) is 0 Å². The summed E-state index contributed by atoms with van der Waals surface area (Å²) in [5.74, 6) is 0.682. The highest BCUT2D eigenvalue weighted by Gasteiger charge is 2.10.